The number of nitrogens with zero attached hydrogens (tertiary/aromatic N) is 2. The van der Waals surface area contributed by atoms with E-state index >= 15 is 0 Å². The number of carbonyl (C=O) groups is 1. The van der Waals surface area contributed by atoms with Gasteiger partial charge in [0, 0.05) is 24.7 Å². The van der Waals surface area contributed by atoms with Crippen molar-refractivity contribution in [2.45, 2.75) is 17.4 Å². The Morgan fingerprint density at radius 2 is 1.77 bits per heavy atom. The molecule has 30 heavy (non-hydrogen) atoms. The highest BCUT2D eigenvalue weighted by Gasteiger charge is 2.31. The fraction of sp³-hybridized carbons (Fsp3) is 0.273. The van der Waals surface area contributed by atoms with Gasteiger partial charge in [0.05, 0.1) is 18.7 Å². The molecule has 0 spiro atoms. The van der Waals surface area contributed by atoms with Crippen LogP contribution in [-0.4, -0.2) is 56.6 Å². The SMILES string of the molecule is O=C(C(Cc1ccccc1)NS(=O)(=O)c1cccc2cccnc12)N1CCOCC1. The minimum Gasteiger partial charge on any atom is -0.378 e. The molecule has 1 atom stereocenters. The highest BCUT2D eigenvalue weighted by Crippen LogP contribution is 2.21. The van der Waals surface area contributed by atoms with E-state index in [1.54, 1.807) is 23.2 Å². The Morgan fingerprint density at radius 1 is 1.03 bits per heavy atom. The molecule has 1 saturated heterocycles. The van der Waals surface area contributed by atoms with Crippen molar-refractivity contribution in [3.8, 4) is 0 Å². The van der Waals surface area contributed by atoms with Gasteiger partial charge in [0.1, 0.15) is 10.9 Å². The zero-order chi connectivity index (χ0) is 21.0. The molecule has 1 aromatic heterocycles. The lowest BCUT2D eigenvalue weighted by Gasteiger charge is -2.30. The Hall–Kier alpha value is -2.81. The zero-order valence-electron chi connectivity index (χ0n) is 16.4. The van der Waals surface area contributed by atoms with Crippen molar-refractivity contribution in [1.82, 2.24) is 14.6 Å². The van der Waals surface area contributed by atoms with Crippen molar-refractivity contribution in [3.63, 3.8) is 0 Å². The molecule has 7 nitrogen and oxygen atoms in total. The summed E-state index contributed by atoms with van der Waals surface area (Å²) in [4.78, 5) is 19.2. The predicted octanol–water partition coefficient (Wildman–Crippen LogP) is 1.98. The second-order valence-electron chi connectivity index (χ2n) is 7.13. The van der Waals surface area contributed by atoms with Gasteiger partial charge in [-0.2, -0.15) is 4.72 Å². The highest BCUT2D eigenvalue weighted by atomic mass is 32.2. The number of morpholine rings is 1. The quantitative estimate of drug-likeness (QED) is 0.652. The third-order valence-electron chi connectivity index (χ3n) is 5.09. The first-order valence-electron chi connectivity index (χ1n) is 9.81. The fourth-order valence-corrected chi connectivity index (χ4v) is 4.95. The summed E-state index contributed by atoms with van der Waals surface area (Å²) in [7, 11) is -3.98. The van der Waals surface area contributed by atoms with Gasteiger partial charge in [0.25, 0.3) is 0 Å². The van der Waals surface area contributed by atoms with E-state index in [-0.39, 0.29) is 17.2 Å². The number of hydrogen-bond acceptors (Lipinski definition) is 5. The summed E-state index contributed by atoms with van der Waals surface area (Å²) in [5.74, 6) is -0.251. The zero-order valence-corrected chi connectivity index (χ0v) is 17.2. The van der Waals surface area contributed by atoms with E-state index in [9.17, 15) is 13.2 Å². The number of pyridine rings is 1. The first kappa shape index (κ1) is 20.5. The number of amides is 1. The van der Waals surface area contributed by atoms with Crippen LogP contribution in [0, 0.1) is 0 Å². The molecule has 1 aliphatic rings. The molecule has 0 radical (unpaired) electrons. The molecule has 1 fully saturated rings. The van der Waals surface area contributed by atoms with Gasteiger partial charge in [-0.3, -0.25) is 9.78 Å². The molecule has 8 heteroatoms. The van der Waals surface area contributed by atoms with Gasteiger partial charge >= 0.3 is 0 Å². The summed E-state index contributed by atoms with van der Waals surface area (Å²) in [6.45, 7) is 1.79. The van der Waals surface area contributed by atoms with E-state index in [0.29, 0.717) is 31.8 Å². The number of nitrogens with one attached hydrogen (secondary N) is 1. The van der Waals surface area contributed by atoms with Gasteiger partial charge in [-0.1, -0.05) is 48.5 Å². The maximum absolute atomic E-state index is 13.3. The van der Waals surface area contributed by atoms with Gasteiger partial charge < -0.3 is 9.64 Å². The van der Waals surface area contributed by atoms with E-state index in [1.807, 2.05) is 42.5 Å². The maximum atomic E-state index is 13.3. The minimum absolute atomic E-state index is 0.0634. The summed E-state index contributed by atoms with van der Waals surface area (Å²) < 4.78 is 34.5. The number of sulfonamides is 1. The molecule has 2 aromatic carbocycles. The van der Waals surface area contributed by atoms with Crippen LogP contribution < -0.4 is 4.72 Å². The Kier molecular flexibility index (Phi) is 6.08. The number of para-hydroxylation sites is 1. The summed E-state index contributed by atoms with van der Waals surface area (Å²) in [6.07, 6.45) is 1.82. The van der Waals surface area contributed by atoms with Crippen LogP contribution in [0.25, 0.3) is 10.9 Å². The monoisotopic (exact) mass is 425 g/mol. The van der Waals surface area contributed by atoms with Gasteiger partial charge in [-0.05, 0) is 24.1 Å². The van der Waals surface area contributed by atoms with E-state index in [4.69, 9.17) is 4.74 Å². The second kappa shape index (κ2) is 8.91. The standard InChI is InChI=1S/C22H23N3O4S/c26-22(25-12-14-29-15-13-25)19(16-17-6-2-1-3-7-17)24-30(27,28)20-10-4-8-18-9-5-11-23-21(18)20/h1-11,19,24H,12-16H2. The maximum Gasteiger partial charge on any atom is 0.243 e. The molecule has 1 N–H and O–H groups in total. The van der Waals surface area contributed by atoms with Gasteiger partial charge in [-0.25, -0.2) is 8.42 Å². The molecular formula is C22H23N3O4S. The number of rotatable bonds is 6. The number of hydrogen-bond donors (Lipinski definition) is 1. The van der Waals surface area contributed by atoms with Crippen LogP contribution in [0.3, 0.4) is 0 Å². The topological polar surface area (TPSA) is 88.6 Å². The van der Waals surface area contributed by atoms with Crippen molar-refractivity contribution in [2.75, 3.05) is 26.3 Å². The van der Waals surface area contributed by atoms with Gasteiger partial charge in [-0.15, -0.1) is 0 Å². The van der Waals surface area contributed by atoms with Crippen molar-refractivity contribution < 1.29 is 17.9 Å². The summed E-state index contributed by atoms with van der Waals surface area (Å²) in [5, 5.41) is 0.722. The molecule has 1 amide bonds. The largest absolute Gasteiger partial charge is 0.378 e. The summed E-state index contributed by atoms with van der Waals surface area (Å²) in [6, 6.07) is 17.0. The van der Waals surface area contributed by atoms with E-state index in [0.717, 1.165) is 10.9 Å². The number of carbonyl (C=O) groups excluding carboxylic acids is 1. The predicted molar refractivity (Wildman–Crippen MR) is 113 cm³/mol. The lowest BCUT2D eigenvalue weighted by atomic mass is 10.1. The van der Waals surface area contributed by atoms with E-state index < -0.39 is 16.1 Å². The van der Waals surface area contributed by atoms with Gasteiger partial charge in [0.15, 0.2) is 0 Å². The van der Waals surface area contributed by atoms with Crippen LogP contribution in [0.2, 0.25) is 0 Å². The van der Waals surface area contributed by atoms with Crippen molar-refractivity contribution >= 4 is 26.8 Å². The molecule has 3 aromatic rings. The smallest absolute Gasteiger partial charge is 0.243 e. The normalized spacial score (nSPS) is 15.8. The summed E-state index contributed by atoms with van der Waals surface area (Å²) >= 11 is 0. The molecular weight excluding hydrogens is 402 g/mol. The molecule has 1 unspecified atom stereocenters. The second-order valence-corrected chi connectivity index (χ2v) is 8.81. The Labute approximate surface area is 175 Å². The fourth-order valence-electron chi connectivity index (χ4n) is 3.58. The molecule has 0 bridgehead atoms. The first-order chi connectivity index (χ1) is 14.5. The molecule has 2 heterocycles. The Morgan fingerprint density at radius 3 is 2.53 bits per heavy atom. The number of ether oxygens (including phenoxy) is 1. The summed E-state index contributed by atoms with van der Waals surface area (Å²) in [5.41, 5.74) is 1.26. The molecule has 0 aliphatic carbocycles. The minimum atomic E-state index is -3.98. The number of aromatic nitrogens is 1. The van der Waals surface area contributed by atoms with Crippen LogP contribution in [0.15, 0.2) is 71.8 Å². The van der Waals surface area contributed by atoms with Crippen LogP contribution >= 0.6 is 0 Å². The average Bonchev–Trinajstić information content (AvgIpc) is 2.79. The Bertz CT molecular complexity index is 1120. The first-order valence-corrected chi connectivity index (χ1v) is 11.3. The van der Waals surface area contributed by atoms with Crippen LogP contribution in [-0.2, 0) is 26.0 Å². The molecule has 156 valence electrons. The average molecular weight is 426 g/mol. The van der Waals surface area contributed by atoms with Crippen molar-refractivity contribution in [3.05, 3.63) is 72.4 Å². The number of benzene rings is 2. The lowest BCUT2D eigenvalue weighted by molar-refractivity contribution is -0.137. The third-order valence-corrected chi connectivity index (χ3v) is 6.59. The van der Waals surface area contributed by atoms with Gasteiger partial charge in [0.2, 0.25) is 15.9 Å². The van der Waals surface area contributed by atoms with Crippen LogP contribution in [0.5, 0.6) is 0 Å². The third kappa shape index (κ3) is 4.51. The highest BCUT2D eigenvalue weighted by molar-refractivity contribution is 7.89. The lowest BCUT2D eigenvalue weighted by Crippen LogP contribution is -2.52. The van der Waals surface area contributed by atoms with Crippen LogP contribution in [0.4, 0.5) is 0 Å². The van der Waals surface area contributed by atoms with E-state index in [2.05, 4.69) is 9.71 Å². The number of fused-ring (bicyclic) bond motifs is 1. The molecule has 1 aliphatic heterocycles. The van der Waals surface area contributed by atoms with Crippen LogP contribution in [0.1, 0.15) is 5.56 Å². The molecule has 4 rings (SSSR count). The van der Waals surface area contributed by atoms with E-state index in [1.165, 1.54) is 6.07 Å². The van der Waals surface area contributed by atoms with Crippen molar-refractivity contribution in [1.29, 1.82) is 0 Å². The molecule has 0 saturated carbocycles. The van der Waals surface area contributed by atoms with Crippen molar-refractivity contribution in [2.24, 2.45) is 0 Å². The Balaban J connectivity index is 1.66.